The van der Waals surface area contributed by atoms with Crippen molar-refractivity contribution in [1.29, 1.82) is 0 Å². The van der Waals surface area contributed by atoms with Gasteiger partial charge in [0, 0.05) is 17.0 Å². The molecule has 1 unspecified atom stereocenters. The molecule has 2 heterocycles. The highest BCUT2D eigenvalue weighted by Gasteiger charge is 2.20. The number of H-pyrrole nitrogens is 1. The van der Waals surface area contributed by atoms with E-state index in [1.807, 2.05) is 0 Å². The molecule has 0 fully saturated rings. The van der Waals surface area contributed by atoms with Gasteiger partial charge in [-0.1, -0.05) is 35.9 Å². The Morgan fingerprint density at radius 2 is 2.00 bits per heavy atom. The van der Waals surface area contributed by atoms with E-state index in [4.69, 9.17) is 11.6 Å². The number of benzene rings is 2. The lowest BCUT2D eigenvalue weighted by atomic mass is 10.00. The fraction of sp³-hybridized carbons (Fsp3) is 0.222. The molecule has 23 heavy (non-hydrogen) atoms. The molecule has 4 nitrogen and oxygen atoms in total. The highest BCUT2D eigenvalue weighted by molar-refractivity contribution is 6.31. The van der Waals surface area contributed by atoms with Crippen LogP contribution in [-0.2, 0) is 19.5 Å². The molecule has 0 amide bonds. The van der Waals surface area contributed by atoms with Crippen LogP contribution in [0.25, 0.3) is 10.9 Å². The average molecular weight is 327 g/mol. The van der Waals surface area contributed by atoms with E-state index in [0.717, 1.165) is 25.3 Å². The van der Waals surface area contributed by atoms with E-state index in [2.05, 4.69) is 34.2 Å². The maximum absolute atomic E-state index is 12.2. The number of quaternary nitrogens is 1. The van der Waals surface area contributed by atoms with Crippen molar-refractivity contribution in [1.82, 2.24) is 9.97 Å². The molecule has 0 radical (unpaired) electrons. The summed E-state index contributed by atoms with van der Waals surface area (Å²) in [6, 6.07) is 13.7. The summed E-state index contributed by atoms with van der Waals surface area (Å²) in [7, 11) is 0. The lowest BCUT2D eigenvalue weighted by Crippen LogP contribution is -3.10. The average Bonchev–Trinajstić information content (AvgIpc) is 2.54. The zero-order valence-electron chi connectivity index (χ0n) is 12.6. The van der Waals surface area contributed by atoms with Crippen LogP contribution >= 0.6 is 11.6 Å². The van der Waals surface area contributed by atoms with Crippen LogP contribution in [0.3, 0.4) is 0 Å². The number of rotatable bonds is 2. The Balaban J connectivity index is 1.62. The van der Waals surface area contributed by atoms with Crippen molar-refractivity contribution in [2.45, 2.75) is 19.5 Å². The summed E-state index contributed by atoms with van der Waals surface area (Å²) in [5, 5.41) is 1.18. The second kappa shape index (κ2) is 5.80. The topological polar surface area (TPSA) is 50.2 Å². The number of fused-ring (bicyclic) bond motifs is 2. The molecule has 3 aromatic rings. The fourth-order valence-corrected chi connectivity index (χ4v) is 3.44. The summed E-state index contributed by atoms with van der Waals surface area (Å²) in [5.41, 5.74) is 3.38. The lowest BCUT2D eigenvalue weighted by Gasteiger charge is -2.25. The van der Waals surface area contributed by atoms with Crippen LogP contribution in [0.5, 0.6) is 0 Å². The van der Waals surface area contributed by atoms with Gasteiger partial charge in [0.05, 0.1) is 17.4 Å². The van der Waals surface area contributed by atoms with Crippen molar-refractivity contribution < 1.29 is 4.90 Å². The molecule has 116 valence electrons. The molecular weight excluding hydrogens is 310 g/mol. The third-order valence-electron chi connectivity index (χ3n) is 4.44. The highest BCUT2D eigenvalue weighted by atomic mass is 35.5. The van der Waals surface area contributed by atoms with Crippen molar-refractivity contribution in [3.63, 3.8) is 0 Å². The Hall–Kier alpha value is -2.17. The molecular formula is C18H17ClN3O+. The quantitative estimate of drug-likeness (QED) is 0.753. The van der Waals surface area contributed by atoms with Gasteiger partial charge in [0.25, 0.3) is 5.56 Å². The minimum atomic E-state index is -0.0986. The van der Waals surface area contributed by atoms with Crippen LogP contribution in [0, 0.1) is 0 Å². The second-order valence-corrected chi connectivity index (χ2v) is 6.48. The van der Waals surface area contributed by atoms with Gasteiger partial charge in [-0.15, -0.1) is 0 Å². The number of halogens is 1. The van der Waals surface area contributed by atoms with E-state index in [-0.39, 0.29) is 5.56 Å². The summed E-state index contributed by atoms with van der Waals surface area (Å²) >= 11 is 6.01. The van der Waals surface area contributed by atoms with Gasteiger partial charge in [-0.2, -0.15) is 0 Å². The van der Waals surface area contributed by atoms with E-state index in [0.29, 0.717) is 22.5 Å². The summed E-state index contributed by atoms with van der Waals surface area (Å²) in [6.07, 6.45) is 1.06. The van der Waals surface area contributed by atoms with E-state index >= 15 is 0 Å². The monoisotopic (exact) mass is 326 g/mol. The number of hydrogen-bond acceptors (Lipinski definition) is 2. The first kappa shape index (κ1) is 14.4. The third-order valence-corrected chi connectivity index (χ3v) is 4.68. The minimum absolute atomic E-state index is 0.0986. The smallest absolute Gasteiger partial charge is 0.258 e. The number of nitrogens with one attached hydrogen (secondary N) is 2. The molecule has 5 heteroatoms. The molecule has 1 aromatic heterocycles. The van der Waals surface area contributed by atoms with Gasteiger partial charge in [0.1, 0.15) is 13.1 Å². The van der Waals surface area contributed by atoms with Crippen LogP contribution in [0.15, 0.2) is 47.3 Å². The van der Waals surface area contributed by atoms with Gasteiger partial charge in [-0.05, 0) is 23.8 Å². The minimum Gasteiger partial charge on any atom is -0.325 e. The van der Waals surface area contributed by atoms with Crippen molar-refractivity contribution in [2.24, 2.45) is 0 Å². The summed E-state index contributed by atoms with van der Waals surface area (Å²) in [5.74, 6) is 0.721. The van der Waals surface area contributed by atoms with Gasteiger partial charge >= 0.3 is 0 Å². The Labute approximate surface area is 138 Å². The van der Waals surface area contributed by atoms with Crippen LogP contribution in [-0.4, -0.2) is 16.5 Å². The first-order chi connectivity index (χ1) is 11.2. The van der Waals surface area contributed by atoms with E-state index < -0.39 is 0 Å². The van der Waals surface area contributed by atoms with Crippen LogP contribution < -0.4 is 10.5 Å². The maximum atomic E-state index is 12.2. The van der Waals surface area contributed by atoms with Crippen molar-refractivity contribution >= 4 is 22.5 Å². The lowest BCUT2D eigenvalue weighted by molar-refractivity contribution is -0.930. The third kappa shape index (κ3) is 2.87. The van der Waals surface area contributed by atoms with Crippen molar-refractivity contribution in [3.05, 3.63) is 74.8 Å². The van der Waals surface area contributed by atoms with Gasteiger partial charge in [0.15, 0.2) is 5.82 Å². The molecule has 0 spiro atoms. The van der Waals surface area contributed by atoms with E-state index in [9.17, 15) is 4.79 Å². The van der Waals surface area contributed by atoms with Gasteiger partial charge in [-0.25, -0.2) is 4.98 Å². The maximum Gasteiger partial charge on any atom is 0.258 e. The van der Waals surface area contributed by atoms with E-state index in [1.54, 1.807) is 18.2 Å². The second-order valence-electron chi connectivity index (χ2n) is 6.05. The molecule has 0 saturated heterocycles. The first-order valence-electron chi connectivity index (χ1n) is 7.78. The largest absolute Gasteiger partial charge is 0.325 e. The summed E-state index contributed by atoms with van der Waals surface area (Å²) in [6.45, 7) is 2.73. The van der Waals surface area contributed by atoms with Crippen LogP contribution in [0.2, 0.25) is 5.02 Å². The molecule has 0 aliphatic carbocycles. The zero-order valence-corrected chi connectivity index (χ0v) is 13.4. The van der Waals surface area contributed by atoms with Crippen LogP contribution in [0.1, 0.15) is 17.0 Å². The molecule has 0 saturated carbocycles. The van der Waals surface area contributed by atoms with Gasteiger partial charge in [-0.3, -0.25) is 4.79 Å². The van der Waals surface area contributed by atoms with E-state index in [1.165, 1.54) is 16.0 Å². The Morgan fingerprint density at radius 3 is 2.87 bits per heavy atom. The molecule has 4 rings (SSSR count). The van der Waals surface area contributed by atoms with Crippen molar-refractivity contribution in [2.75, 3.05) is 6.54 Å². The number of hydrogen-bond donors (Lipinski definition) is 2. The SMILES string of the molecule is O=c1[nH]c(C[NH+]2CCc3ccccc3C2)nc2cc(Cl)ccc12. The Bertz CT molecular complexity index is 935. The summed E-state index contributed by atoms with van der Waals surface area (Å²) in [4.78, 5) is 21.1. The first-order valence-corrected chi connectivity index (χ1v) is 8.15. The molecule has 2 aromatic carbocycles. The van der Waals surface area contributed by atoms with Gasteiger partial charge in [0.2, 0.25) is 0 Å². The number of nitrogens with zero attached hydrogens (tertiary/aromatic N) is 1. The molecule has 0 bridgehead atoms. The number of aromatic nitrogens is 2. The van der Waals surface area contributed by atoms with Gasteiger partial charge < -0.3 is 9.88 Å². The van der Waals surface area contributed by atoms with Crippen molar-refractivity contribution in [3.8, 4) is 0 Å². The fourth-order valence-electron chi connectivity index (χ4n) is 3.28. The molecule has 2 N–H and O–H groups in total. The molecule has 1 aliphatic rings. The normalized spacial score (nSPS) is 17.2. The molecule has 1 aliphatic heterocycles. The summed E-state index contributed by atoms with van der Waals surface area (Å²) < 4.78 is 0. The predicted molar refractivity (Wildman–Crippen MR) is 90.8 cm³/mol. The Morgan fingerprint density at radius 1 is 1.17 bits per heavy atom. The Kier molecular flexibility index (Phi) is 3.63. The standard InChI is InChI=1S/C18H16ClN3O/c19-14-5-6-15-16(9-14)20-17(21-18(15)23)11-22-8-7-12-3-1-2-4-13(12)10-22/h1-6,9H,7-8,10-11H2,(H,20,21,23)/p+1. The highest BCUT2D eigenvalue weighted by Crippen LogP contribution is 2.14. The van der Waals surface area contributed by atoms with Crippen LogP contribution in [0.4, 0.5) is 0 Å². The molecule has 1 atom stereocenters. The number of aromatic amines is 1. The zero-order chi connectivity index (χ0) is 15.8. The predicted octanol–water partition coefficient (Wildman–Crippen LogP) is 1.72.